The van der Waals surface area contributed by atoms with E-state index >= 15 is 0 Å². The van der Waals surface area contributed by atoms with Gasteiger partial charge in [0, 0.05) is 0 Å². The molecule has 132 valence electrons. The highest BCUT2D eigenvalue weighted by Crippen LogP contribution is 2.25. The third kappa shape index (κ3) is 3.50. The number of rotatable bonds is 6. The zero-order valence-corrected chi connectivity index (χ0v) is 14.7. The molecule has 6 nitrogen and oxygen atoms in total. The van der Waals surface area contributed by atoms with Crippen molar-refractivity contribution >= 4 is 16.3 Å². The van der Waals surface area contributed by atoms with Crippen LogP contribution in [-0.2, 0) is 6.61 Å². The highest BCUT2D eigenvalue weighted by molar-refractivity contribution is 7.16. The van der Waals surface area contributed by atoms with Gasteiger partial charge in [-0.2, -0.15) is 9.61 Å². The second-order valence-corrected chi connectivity index (χ2v) is 6.55. The number of aromatic nitrogens is 4. The lowest BCUT2D eigenvalue weighted by molar-refractivity contribution is 0.224. The third-order valence-electron chi connectivity index (χ3n) is 3.66. The Bertz CT molecular complexity index is 1000. The maximum absolute atomic E-state index is 12.9. The molecule has 2 aromatic heterocycles. The van der Waals surface area contributed by atoms with Gasteiger partial charge in [-0.3, -0.25) is 0 Å². The zero-order valence-electron chi connectivity index (χ0n) is 13.9. The van der Waals surface area contributed by atoms with Gasteiger partial charge in [0.25, 0.3) is 0 Å². The fraction of sp³-hybridized carbons (Fsp3) is 0.167. The summed E-state index contributed by atoms with van der Waals surface area (Å²) in [5, 5.41) is 13.6. The van der Waals surface area contributed by atoms with E-state index in [1.807, 2.05) is 37.3 Å². The molecule has 0 unspecified atom stereocenters. The summed E-state index contributed by atoms with van der Waals surface area (Å²) >= 11 is 1.42. The minimum atomic E-state index is -0.307. The zero-order chi connectivity index (χ0) is 17.9. The Balaban J connectivity index is 1.48. The highest BCUT2D eigenvalue weighted by atomic mass is 32.1. The van der Waals surface area contributed by atoms with Crippen molar-refractivity contribution in [1.29, 1.82) is 0 Å². The number of ether oxygens (including phenoxy) is 2. The molecule has 0 amide bonds. The summed E-state index contributed by atoms with van der Waals surface area (Å²) < 4.78 is 26.1. The summed E-state index contributed by atoms with van der Waals surface area (Å²) in [6.45, 7) is 2.12. The van der Waals surface area contributed by atoms with E-state index in [9.17, 15) is 4.39 Å². The van der Waals surface area contributed by atoms with Crippen molar-refractivity contribution < 1.29 is 13.9 Å². The molecule has 0 saturated heterocycles. The summed E-state index contributed by atoms with van der Waals surface area (Å²) in [7, 11) is 0. The molecule has 0 aliphatic rings. The molecule has 1 atom stereocenters. The van der Waals surface area contributed by atoms with Crippen LogP contribution in [0.3, 0.4) is 0 Å². The third-order valence-corrected chi connectivity index (χ3v) is 4.72. The van der Waals surface area contributed by atoms with E-state index in [0.717, 1.165) is 10.8 Å². The maximum Gasteiger partial charge on any atom is 0.234 e. The van der Waals surface area contributed by atoms with E-state index in [1.54, 1.807) is 16.6 Å². The highest BCUT2D eigenvalue weighted by Gasteiger charge is 2.17. The molecule has 26 heavy (non-hydrogen) atoms. The molecular formula is C18H15FN4O2S. The van der Waals surface area contributed by atoms with Crippen molar-refractivity contribution in [3.05, 3.63) is 71.2 Å². The number of nitrogens with zero attached hydrogens (tertiary/aromatic N) is 4. The predicted molar refractivity (Wildman–Crippen MR) is 94.9 cm³/mol. The molecule has 0 aliphatic heterocycles. The van der Waals surface area contributed by atoms with Crippen LogP contribution in [0.5, 0.6) is 11.5 Å². The lowest BCUT2D eigenvalue weighted by atomic mass is 10.3. The number of hydrogen-bond donors (Lipinski definition) is 0. The number of fused-ring (bicyclic) bond motifs is 1. The molecule has 0 fully saturated rings. The Kier molecular flexibility index (Phi) is 4.49. The van der Waals surface area contributed by atoms with E-state index in [4.69, 9.17) is 9.47 Å². The van der Waals surface area contributed by atoms with Gasteiger partial charge in [-0.25, -0.2) is 4.39 Å². The van der Waals surface area contributed by atoms with Crippen LogP contribution in [0.1, 0.15) is 23.9 Å². The first-order valence-electron chi connectivity index (χ1n) is 8.00. The van der Waals surface area contributed by atoms with Crippen LogP contribution in [0, 0.1) is 5.82 Å². The quantitative estimate of drug-likeness (QED) is 0.512. The molecule has 0 radical (unpaired) electrons. The Morgan fingerprint density at radius 1 is 1.04 bits per heavy atom. The first-order valence-corrected chi connectivity index (χ1v) is 8.82. The lowest BCUT2D eigenvalue weighted by Gasteiger charge is -2.11. The number of benzene rings is 2. The monoisotopic (exact) mass is 370 g/mol. The SMILES string of the molecule is C[C@@H](Oc1ccccc1)c1nn2c(COc3ccc(F)cc3)nnc2s1. The van der Waals surface area contributed by atoms with E-state index in [1.165, 1.54) is 23.5 Å². The van der Waals surface area contributed by atoms with E-state index in [0.29, 0.717) is 16.5 Å². The first-order chi connectivity index (χ1) is 12.7. The van der Waals surface area contributed by atoms with Crippen LogP contribution >= 0.6 is 11.3 Å². The van der Waals surface area contributed by atoms with Crippen LogP contribution in [0.15, 0.2) is 54.6 Å². The van der Waals surface area contributed by atoms with Crippen LogP contribution in [-0.4, -0.2) is 19.8 Å². The van der Waals surface area contributed by atoms with Gasteiger partial charge < -0.3 is 9.47 Å². The average Bonchev–Trinajstić information content (AvgIpc) is 3.23. The van der Waals surface area contributed by atoms with Crippen molar-refractivity contribution in [2.24, 2.45) is 0 Å². The molecule has 0 N–H and O–H groups in total. The molecule has 0 saturated carbocycles. The fourth-order valence-corrected chi connectivity index (χ4v) is 3.20. The minimum Gasteiger partial charge on any atom is -0.486 e. The first kappa shape index (κ1) is 16.5. The molecule has 4 aromatic rings. The molecule has 0 aliphatic carbocycles. The topological polar surface area (TPSA) is 61.5 Å². The number of hydrogen-bond acceptors (Lipinski definition) is 6. The lowest BCUT2D eigenvalue weighted by Crippen LogP contribution is -2.06. The summed E-state index contributed by atoms with van der Waals surface area (Å²) in [6, 6.07) is 15.4. The van der Waals surface area contributed by atoms with Crippen molar-refractivity contribution in [3.63, 3.8) is 0 Å². The van der Waals surface area contributed by atoms with Gasteiger partial charge in [-0.15, -0.1) is 10.2 Å². The van der Waals surface area contributed by atoms with Gasteiger partial charge in [0.2, 0.25) is 4.96 Å². The van der Waals surface area contributed by atoms with Gasteiger partial charge >= 0.3 is 0 Å². The Hall–Kier alpha value is -3.00. The van der Waals surface area contributed by atoms with Gasteiger partial charge in [0.1, 0.15) is 30.0 Å². The van der Waals surface area contributed by atoms with E-state index in [-0.39, 0.29) is 18.5 Å². The minimum absolute atomic E-state index is 0.184. The normalized spacial score (nSPS) is 12.2. The second kappa shape index (κ2) is 7.09. The summed E-state index contributed by atoms with van der Waals surface area (Å²) in [4.78, 5) is 0.668. The summed E-state index contributed by atoms with van der Waals surface area (Å²) in [5.74, 6) is 1.60. The van der Waals surface area contributed by atoms with Crippen LogP contribution in [0.25, 0.3) is 4.96 Å². The Morgan fingerprint density at radius 3 is 2.58 bits per heavy atom. The van der Waals surface area contributed by atoms with Crippen LogP contribution < -0.4 is 9.47 Å². The Morgan fingerprint density at radius 2 is 1.81 bits per heavy atom. The van der Waals surface area contributed by atoms with Crippen molar-refractivity contribution in [2.75, 3.05) is 0 Å². The largest absolute Gasteiger partial charge is 0.486 e. The van der Waals surface area contributed by atoms with E-state index in [2.05, 4.69) is 15.3 Å². The van der Waals surface area contributed by atoms with E-state index < -0.39 is 0 Å². The molecule has 2 aromatic carbocycles. The van der Waals surface area contributed by atoms with Crippen LogP contribution in [0.4, 0.5) is 4.39 Å². The van der Waals surface area contributed by atoms with Crippen molar-refractivity contribution in [2.45, 2.75) is 19.6 Å². The molecule has 8 heteroatoms. The van der Waals surface area contributed by atoms with Gasteiger partial charge in [-0.05, 0) is 43.3 Å². The number of para-hydroxylation sites is 1. The van der Waals surface area contributed by atoms with Gasteiger partial charge in [0.05, 0.1) is 0 Å². The smallest absolute Gasteiger partial charge is 0.234 e. The van der Waals surface area contributed by atoms with Gasteiger partial charge in [-0.1, -0.05) is 29.5 Å². The second-order valence-electron chi connectivity index (χ2n) is 5.57. The molecule has 0 spiro atoms. The van der Waals surface area contributed by atoms with Crippen molar-refractivity contribution in [3.8, 4) is 11.5 Å². The number of halogens is 1. The predicted octanol–water partition coefficient (Wildman–Crippen LogP) is 4.04. The molecule has 0 bridgehead atoms. The average molecular weight is 370 g/mol. The van der Waals surface area contributed by atoms with Gasteiger partial charge in [0.15, 0.2) is 10.8 Å². The molecule has 2 heterocycles. The van der Waals surface area contributed by atoms with Crippen molar-refractivity contribution in [1.82, 2.24) is 19.8 Å². The molecule has 4 rings (SSSR count). The Labute approximate surface area is 152 Å². The maximum atomic E-state index is 12.9. The fourth-order valence-electron chi connectivity index (χ4n) is 2.36. The summed E-state index contributed by atoms with van der Waals surface area (Å²) in [5.41, 5.74) is 0. The standard InChI is InChI=1S/C18H15FN4O2S/c1-12(25-15-5-3-2-4-6-15)17-22-23-16(20-21-18(23)26-17)11-24-14-9-7-13(19)8-10-14/h2-10,12H,11H2,1H3/t12-/m1/s1. The van der Waals surface area contributed by atoms with Crippen LogP contribution in [0.2, 0.25) is 0 Å². The summed E-state index contributed by atoms with van der Waals surface area (Å²) in [6.07, 6.45) is -0.213. The molecular weight excluding hydrogens is 355 g/mol.